The van der Waals surface area contributed by atoms with Crippen LogP contribution in [0.4, 0.5) is 0 Å². The van der Waals surface area contributed by atoms with Gasteiger partial charge in [0.05, 0.1) is 13.2 Å². The lowest BCUT2D eigenvalue weighted by Gasteiger charge is -2.16. The molecule has 0 spiro atoms. The van der Waals surface area contributed by atoms with Crippen molar-refractivity contribution in [2.75, 3.05) is 13.7 Å². The van der Waals surface area contributed by atoms with E-state index in [2.05, 4.69) is 18.3 Å². The maximum atomic E-state index is 11.8. The quantitative estimate of drug-likeness (QED) is 0.706. The largest absolute Gasteiger partial charge is 0.465 e. The molecule has 1 N–H and O–H groups in total. The number of ether oxygens (including phenoxy) is 2. The van der Waals surface area contributed by atoms with Crippen molar-refractivity contribution in [3.05, 3.63) is 35.4 Å². The van der Waals surface area contributed by atoms with Gasteiger partial charge < -0.3 is 14.8 Å². The molecule has 0 radical (unpaired) electrons. The lowest BCUT2D eigenvalue weighted by molar-refractivity contribution is -0.145. The van der Waals surface area contributed by atoms with E-state index in [1.807, 2.05) is 25.1 Å². The average Bonchev–Trinajstić information content (AvgIpc) is 2.44. The van der Waals surface area contributed by atoms with Crippen molar-refractivity contribution in [3.8, 4) is 0 Å². The minimum atomic E-state index is -0.231. The summed E-state index contributed by atoms with van der Waals surface area (Å²) < 4.78 is 10.2. The number of hydrogen-bond acceptors (Lipinski definition) is 4. The Morgan fingerprint density at radius 1 is 1.30 bits per heavy atom. The molecule has 1 aromatic rings. The SMILES string of the molecule is CCCC(NCc1cccc(COC)c1)C(=O)OCC. The van der Waals surface area contributed by atoms with Gasteiger partial charge in [-0.1, -0.05) is 37.6 Å². The summed E-state index contributed by atoms with van der Waals surface area (Å²) in [5.74, 6) is -0.164. The number of carbonyl (C=O) groups excluding carboxylic acids is 1. The molecule has 0 aliphatic rings. The predicted octanol–water partition coefficient (Wildman–Crippen LogP) is 2.65. The third-order valence-corrected chi connectivity index (χ3v) is 3.00. The van der Waals surface area contributed by atoms with Gasteiger partial charge in [-0.2, -0.15) is 0 Å². The monoisotopic (exact) mass is 279 g/mol. The Bertz CT molecular complexity index is 406. The van der Waals surface area contributed by atoms with Gasteiger partial charge in [0, 0.05) is 13.7 Å². The molecule has 1 unspecified atom stereocenters. The van der Waals surface area contributed by atoms with Crippen molar-refractivity contribution in [2.45, 2.75) is 45.9 Å². The summed E-state index contributed by atoms with van der Waals surface area (Å²) in [6.45, 7) is 5.57. The first-order valence-corrected chi connectivity index (χ1v) is 7.18. The molecule has 0 aliphatic carbocycles. The van der Waals surface area contributed by atoms with Gasteiger partial charge in [-0.3, -0.25) is 4.79 Å². The number of benzene rings is 1. The zero-order valence-corrected chi connectivity index (χ0v) is 12.6. The molecule has 0 heterocycles. The molecule has 4 nitrogen and oxygen atoms in total. The van der Waals surface area contributed by atoms with Gasteiger partial charge in [-0.15, -0.1) is 0 Å². The fourth-order valence-electron chi connectivity index (χ4n) is 2.07. The first-order valence-electron chi connectivity index (χ1n) is 7.18. The molecule has 1 rings (SSSR count). The van der Waals surface area contributed by atoms with E-state index in [1.165, 1.54) is 0 Å². The van der Waals surface area contributed by atoms with Gasteiger partial charge in [0.15, 0.2) is 0 Å². The average molecular weight is 279 g/mol. The minimum absolute atomic E-state index is 0.164. The highest BCUT2D eigenvalue weighted by Gasteiger charge is 2.17. The summed E-state index contributed by atoms with van der Waals surface area (Å²) in [5.41, 5.74) is 2.28. The normalized spacial score (nSPS) is 12.2. The third-order valence-electron chi connectivity index (χ3n) is 3.00. The second kappa shape index (κ2) is 9.50. The molecule has 0 aliphatic heterocycles. The second-order valence-corrected chi connectivity index (χ2v) is 4.73. The van der Waals surface area contributed by atoms with Crippen LogP contribution in [0.5, 0.6) is 0 Å². The van der Waals surface area contributed by atoms with Crippen molar-refractivity contribution in [1.82, 2.24) is 5.32 Å². The van der Waals surface area contributed by atoms with E-state index in [0.29, 0.717) is 19.8 Å². The molecule has 0 bridgehead atoms. The Kier molecular flexibility index (Phi) is 7.92. The van der Waals surface area contributed by atoms with Crippen LogP contribution in [0.25, 0.3) is 0 Å². The molecular weight excluding hydrogens is 254 g/mol. The number of methoxy groups -OCH3 is 1. The van der Waals surface area contributed by atoms with Gasteiger partial charge in [0.1, 0.15) is 6.04 Å². The topological polar surface area (TPSA) is 47.6 Å². The smallest absolute Gasteiger partial charge is 0.323 e. The van der Waals surface area contributed by atoms with E-state index in [0.717, 1.165) is 24.0 Å². The molecule has 0 aromatic heterocycles. The first kappa shape index (κ1) is 16.7. The molecule has 0 fully saturated rings. The van der Waals surface area contributed by atoms with Gasteiger partial charge in [0.25, 0.3) is 0 Å². The zero-order valence-electron chi connectivity index (χ0n) is 12.6. The van der Waals surface area contributed by atoms with Crippen molar-refractivity contribution in [3.63, 3.8) is 0 Å². The van der Waals surface area contributed by atoms with Crippen LogP contribution < -0.4 is 5.32 Å². The van der Waals surface area contributed by atoms with Crippen LogP contribution in [0.1, 0.15) is 37.8 Å². The molecule has 0 amide bonds. The highest BCUT2D eigenvalue weighted by molar-refractivity contribution is 5.75. The maximum absolute atomic E-state index is 11.8. The van der Waals surface area contributed by atoms with E-state index in [4.69, 9.17) is 9.47 Å². The van der Waals surface area contributed by atoms with E-state index in [9.17, 15) is 4.79 Å². The van der Waals surface area contributed by atoms with Crippen LogP contribution in [0.3, 0.4) is 0 Å². The van der Waals surface area contributed by atoms with Crippen molar-refractivity contribution < 1.29 is 14.3 Å². The van der Waals surface area contributed by atoms with E-state index < -0.39 is 0 Å². The summed E-state index contributed by atoms with van der Waals surface area (Å²) in [7, 11) is 1.68. The Hall–Kier alpha value is -1.39. The summed E-state index contributed by atoms with van der Waals surface area (Å²) in [6, 6.07) is 7.93. The van der Waals surface area contributed by atoms with Crippen LogP contribution in [0.2, 0.25) is 0 Å². The molecular formula is C16H25NO3. The molecule has 1 atom stereocenters. The van der Waals surface area contributed by atoms with Gasteiger partial charge in [-0.25, -0.2) is 0 Å². The van der Waals surface area contributed by atoms with Crippen LogP contribution in [0.15, 0.2) is 24.3 Å². The van der Waals surface area contributed by atoms with Crippen LogP contribution >= 0.6 is 0 Å². The minimum Gasteiger partial charge on any atom is -0.465 e. The number of carbonyl (C=O) groups is 1. The predicted molar refractivity (Wildman–Crippen MR) is 79.3 cm³/mol. The molecule has 4 heteroatoms. The third kappa shape index (κ3) is 5.72. The highest BCUT2D eigenvalue weighted by atomic mass is 16.5. The van der Waals surface area contributed by atoms with Crippen LogP contribution in [-0.4, -0.2) is 25.7 Å². The number of rotatable bonds is 9. The summed E-state index contributed by atoms with van der Waals surface area (Å²) >= 11 is 0. The highest BCUT2D eigenvalue weighted by Crippen LogP contribution is 2.08. The fourth-order valence-corrected chi connectivity index (χ4v) is 2.07. The van der Waals surface area contributed by atoms with E-state index >= 15 is 0 Å². The van der Waals surface area contributed by atoms with Gasteiger partial charge >= 0.3 is 5.97 Å². The first-order chi connectivity index (χ1) is 9.71. The van der Waals surface area contributed by atoms with Crippen LogP contribution in [0, 0.1) is 0 Å². The Balaban J connectivity index is 2.57. The lowest BCUT2D eigenvalue weighted by atomic mass is 10.1. The number of esters is 1. The Labute approximate surface area is 121 Å². The number of hydrogen-bond donors (Lipinski definition) is 1. The zero-order chi connectivity index (χ0) is 14.8. The van der Waals surface area contributed by atoms with E-state index in [1.54, 1.807) is 7.11 Å². The van der Waals surface area contributed by atoms with Crippen molar-refractivity contribution in [2.24, 2.45) is 0 Å². The molecule has 112 valence electrons. The van der Waals surface area contributed by atoms with Crippen molar-refractivity contribution in [1.29, 1.82) is 0 Å². The molecule has 1 aromatic carbocycles. The van der Waals surface area contributed by atoms with Crippen molar-refractivity contribution >= 4 is 5.97 Å². The summed E-state index contributed by atoms with van der Waals surface area (Å²) in [5, 5.41) is 3.28. The molecule has 20 heavy (non-hydrogen) atoms. The Morgan fingerprint density at radius 3 is 2.70 bits per heavy atom. The maximum Gasteiger partial charge on any atom is 0.323 e. The van der Waals surface area contributed by atoms with Gasteiger partial charge in [-0.05, 0) is 24.5 Å². The second-order valence-electron chi connectivity index (χ2n) is 4.73. The van der Waals surface area contributed by atoms with E-state index in [-0.39, 0.29) is 12.0 Å². The molecule has 0 saturated carbocycles. The standard InChI is InChI=1S/C16H25NO3/c1-4-7-15(16(18)20-5-2)17-11-13-8-6-9-14(10-13)12-19-3/h6,8-10,15,17H,4-5,7,11-12H2,1-3H3. The lowest BCUT2D eigenvalue weighted by Crippen LogP contribution is -2.37. The number of nitrogens with one attached hydrogen (secondary N) is 1. The summed E-state index contributed by atoms with van der Waals surface area (Å²) in [6.07, 6.45) is 1.73. The van der Waals surface area contributed by atoms with Gasteiger partial charge in [0.2, 0.25) is 0 Å². The van der Waals surface area contributed by atoms with Crippen LogP contribution in [-0.2, 0) is 27.4 Å². The molecule has 0 saturated heterocycles. The summed E-state index contributed by atoms with van der Waals surface area (Å²) in [4.78, 5) is 11.8. The fraction of sp³-hybridized carbons (Fsp3) is 0.562. The Morgan fingerprint density at radius 2 is 2.05 bits per heavy atom.